The quantitative estimate of drug-likeness (QED) is 0.452. The maximum absolute atomic E-state index is 13.0. The number of rotatable bonds is 10. The molecule has 0 aliphatic rings. The maximum Gasteiger partial charge on any atom is 0.421 e. The van der Waals surface area contributed by atoms with Crippen molar-refractivity contribution in [2.45, 2.75) is 44.4 Å². The molecular weight excluding hydrogens is 361 g/mol. The molecule has 0 bridgehead atoms. The van der Waals surface area contributed by atoms with E-state index in [1.54, 1.807) is 0 Å². The second kappa shape index (κ2) is 9.22. The number of aliphatic hydroxyl groups excluding tert-OH is 1. The molecule has 0 aromatic carbocycles. The number of halogens is 3. The highest BCUT2D eigenvalue weighted by Gasteiger charge is 2.37. The Bertz CT molecular complexity index is 651. The van der Waals surface area contributed by atoms with Crippen molar-refractivity contribution in [2.24, 2.45) is 0 Å². The third-order valence-electron chi connectivity index (χ3n) is 3.42. The molecule has 1 heterocycles. The Morgan fingerprint density at radius 2 is 1.81 bits per heavy atom. The molecule has 26 heavy (non-hydrogen) atoms. The first-order chi connectivity index (χ1) is 12.0. The number of aromatic carboxylic acids is 1. The molecule has 0 aliphatic carbocycles. The van der Waals surface area contributed by atoms with Crippen molar-refractivity contribution in [3.05, 3.63) is 17.3 Å². The Morgan fingerprint density at radius 3 is 2.35 bits per heavy atom. The first-order valence-corrected chi connectivity index (χ1v) is 7.68. The van der Waals surface area contributed by atoms with Gasteiger partial charge in [-0.2, -0.15) is 13.2 Å². The Morgan fingerprint density at radius 1 is 1.19 bits per heavy atom. The van der Waals surface area contributed by atoms with Gasteiger partial charge in [0, 0.05) is 0 Å². The molecule has 11 heteroatoms. The molecule has 1 atom stereocenters. The summed E-state index contributed by atoms with van der Waals surface area (Å²) in [5, 5.41) is 26.5. The summed E-state index contributed by atoms with van der Waals surface area (Å²) in [7, 11) is 0. The van der Waals surface area contributed by atoms with E-state index >= 15 is 0 Å². The lowest BCUT2D eigenvalue weighted by Crippen LogP contribution is -2.18. The second-order valence-electron chi connectivity index (χ2n) is 5.49. The summed E-state index contributed by atoms with van der Waals surface area (Å²) < 4.78 is 43.9. The van der Waals surface area contributed by atoms with Crippen molar-refractivity contribution < 1.29 is 42.8 Å². The van der Waals surface area contributed by atoms with E-state index in [9.17, 15) is 22.8 Å². The number of hydrogen-bond acceptors (Lipinski definition) is 6. The molecule has 0 radical (unpaired) electrons. The first-order valence-electron chi connectivity index (χ1n) is 7.68. The number of nitrogens with two attached hydrogens (primary N) is 1. The van der Waals surface area contributed by atoms with Crippen LogP contribution in [0.15, 0.2) is 6.07 Å². The molecule has 5 N–H and O–H groups in total. The third-order valence-corrected chi connectivity index (χ3v) is 3.42. The van der Waals surface area contributed by atoms with Crippen molar-refractivity contribution in [3.63, 3.8) is 0 Å². The number of unbranched alkanes of at least 4 members (excludes halogenated alkanes) is 3. The van der Waals surface area contributed by atoms with E-state index in [1.807, 2.05) is 0 Å². The van der Waals surface area contributed by atoms with E-state index in [0.29, 0.717) is 31.7 Å². The number of carboxylic acids is 2. The van der Waals surface area contributed by atoms with Crippen LogP contribution in [0.4, 0.5) is 18.9 Å². The number of nitrogens with zero attached hydrogens (tertiary/aromatic N) is 1. The van der Waals surface area contributed by atoms with Crippen LogP contribution in [0, 0.1) is 0 Å². The molecule has 0 saturated heterocycles. The fourth-order valence-corrected chi connectivity index (χ4v) is 2.08. The van der Waals surface area contributed by atoms with Crippen molar-refractivity contribution >= 4 is 17.6 Å². The van der Waals surface area contributed by atoms with Gasteiger partial charge in [0.1, 0.15) is 5.56 Å². The van der Waals surface area contributed by atoms with Gasteiger partial charge in [0.05, 0.1) is 12.3 Å². The van der Waals surface area contributed by atoms with Crippen molar-refractivity contribution in [1.29, 1.82) is 0 Å². The van der Waals surface area contributed by atoms with Crippen LogP contribution in [0.2, 0.25) is 0 Å². The first kappa shape index (κ1) is 21.5. The third kappa shape index (κ3) is 6.39. The summed E-state index contributed by atoms with van der Waals surface area (Å²) in [6.07, 6.45) is -4.31. The predicted octanol–water partition coefficient (Wildman–Crippen LogP) is 2.16. The summed E-state index contributed by atoms with van der Waals surface area (Å²) in [4.78, 5) is 24.7. The molecule has 0 amide bonds. The number of carbonyl (C=O) groups is 2. The number of anilines is 1. The summed E-state index contributed by atoms with van der Waals surface area (Å²) >= 11 is 0. The summed E-state index contributed by atoms with van der Waals surface area (Å²) in [6, 6.07) is 0.471. The van der Waals surface area contributed by atoms with Crippen LogP contribution in [0.25, 0.3) is 0 Å². The minimum absolute atomic E-state index is 0.0793. The lowest BCUT2D eigenvalue weighted by atomic mass is 10.1. The van der Waals surface area contributed by atoms with Gasteiger partial charge >= 0.3 is 18.1 Å². The number of ether oxygens (including phenoxy) is 1. The summed E-state index contributed by atoms with van der Waals surface area (Å²) in [6.45, 7) is -0.138. The molecule has 1 aromatic heterocycles. The van der Waals surface area contributed by atoms with Crippen LogP contribution in [-0.4, -0.2) is 45.0 Å². The number of hydrogen-bond donors (Lipinski definition) is 4. The predicted molar refractivity (Wildman–Crippen MR) is 82.8 cm³/mol. The Hall–Kier alpha value is -2.56. The van der Waals surface area contributed by atoms with E-state index in [2.05, 4.69) is 4.98 Å². The molecular formula is C15H19F3N2O6. The van der Waals surface area contributed by atoms with Gasteiger partial charge in [-0.3, -0.25) is 0 Å². The van der Waals surface area contributed by atoms with Crippen molar-refractivity contribution in [1.82, 2.24) is 4.98 Å². The average Bonchev–Trinajstić information content (AvgIpc) is 2.53. The lowest BCUT2D eigenvalue weighted by molar-refractivity contribution is -0.147. The fourth-order valence-electron chi connectivity index (χ4n) is 2.08. The molecule has 0 spiro atoms. The van der Waals surface area contributed by atoms with Crippen LogP contribution in [-0.2, 0) is 11.0 Å². The molecule has 0 aliphatic heterocycles. The average molecular weight is 380 g/mol. The monoisotopic (exact) mass is 380 g/mol. The van der Waals surface area contributed by atoms with Gasteiger partial charge in [-0.1, -0.05) is 19.3 Å². The Labute approximate surface area is 146 Å². The molecule has 0 fully saturated rings. The minimum atomic E-state index is -4.81. The molecule has 146 valence electrons. The number of aliphatic carboxylic acids is 1. The Balaban J connectivity index is 2.59. The van der Waals surface area contributed by atoms with E-state index in [0.717, 1.165) is 0 Å². The van der Waals surface area contributed by atoms with Gasteiger partial charge in [0.25, 0.3) is 0 Å². The van der Waals surface area contributed by atoms with Crippen molar-refractivity contribution in [3.8, 4) is 5.88 Å². The Kier molecular flexibility index (Phi) is 7.62. The van der Waals surface area contributed by atoms with Crippen LogP contribution in [0.3, 0.4) is 0 Å². The molecule has 1 aromatic rings. The highest BCUT2D eigenvalue weighted by Crippen LogP contribution is 2.37. The number of carboxylic acid groups (broad SMARTS) is 2. The standard InChI is InChI=1S/C15H19F3N2O6/c16-15(17,18)8-7-9(19)11(14(24)25)20-12(8)26-6-4-2-1-3-5-10(21)13(22)23/h7,10,21H,1-6,19H2,(H,22,23)(H,24,25). The number of nitrogen functional groups attached to an aromatic ring is 1. The SMILES string of the molecule is Nc1cc(C(F)(F)F)c(OCCCCCCC(O)C(=O)O)nc1C(=O)O. The highest BCUT2D eigenvalue weighted by atomic mass is 19.4. The number of aliphatic hydroxyl groups is 1. The second-order valence-corrected chi connectivity index (χ2v) is 5.49. The maximum atomic E-state index is 13.0. The van der Waals surface area contributed by atoms with Crippen LogP contribution >= 0.6 is 0 Å². The highest BCUT2D eigenvalue weighted by molar-refractivity contribution is 5.91. The van der Waals surface area contributed by atoms with E-state index in [-0.39, 0.29) is 13.0 Å². The molecule has 0 saturated carbocycles. The van der Waals surface area contributed by atoms with Gasteiger partial charge in [-0.25, -0.2) is 14.6 Å². The van der Waals surface area contributed by atoms with Crippen LogP contribution in [0.5, 0.6) is 5.88 Å². The van der Waals surface area contributed by atoms with E-state index in [1.165, 1.54) is 0 Å². The zero-order valence-corrected chi connectivity index (χ0v) is 13.6. The molecule has 8 nitrogen and oxygen atoms in total. The van der Waals surface area contributed by atoms with Gasteiger partial charge in [-0.15, -0.1) is 0 Å². The van der Waals surface area contributed by atoms with Gasteiger partial charge in [0.15, 0.2) is 11.8 Å². The van der Waals surface area contributed by atoms with Gasteiger partial charge < -0.3 is 25.8 Å². The summed E-state index contributed by atoms with van der Waals surface area (Å²) in [5.41, 5.74) is 2.68. The zero-order chi connectivity index (χ0) is 19.9. The zero-order valence-electron chi connectivity index (χ0n) is 13.6. The van der Waals surface area contributed by atoms with E-state index in [4.69, 9.17) is 25.8 Å². The lowest BCUT2D eigenvalue weighted by Gasteiger charge is -2.14. The van der Waals surface area contributed by atoms with E-state index < -0.39 is 47.0 Å². The number of pyridine rings is 1. The van der Waals surface area contributed by atoms with Crippen LogP contribution < -0.4 is 10.5 Å². The molecule has 1 unspecified atom stereocenters. The number of aromatic nitrogens is 1. The van der Waals surface area contributed by atoms with Gasteiger partial charge in [0.2, 0.25) is 5.88 Å². The fraction of sp³-hybridized carbons (Fsp3) is 0.533. The summed E-state index contributed by atoms with van der Waals surface area (Å²) in [5.74, 6) is -3.74. The normalized spacial score (nSPS) is 12.6. The minimum Gasteiger partial charge on any atom is -0.479 e. The molecule has 1 rings (SSSR count). The van der Waals surface area contributed by atoms with Gasteiger partial charge in [-0.05, 0) is 18.9 Å². The topological polar surface area (TPSA) is 143 Å². The number of alkyl halides is 3. The van der Waals surface area contributed by atoms with Crippen LogP contribution in [0.1, 0.15) is 48.2 Å². The van der Waals surface area contributed by atoms with Crippen molar-refractivity contribution in [2.75, 3.05) is 12.3 Å². The smallest absolute Gasteiger partial charge is 0.421 e. The largest absolute Gasteiger partial charge is 0.479 e.